The van der Waals surface area contributed by atoms with Gasteiger partial charge in [-0.1, -0.05) is 18.2 Å². The Morgan fingerprint density at radius 3 is 2.70 bits per heavy atom. The maximum atomic E-state index is 12.4. The molecule has 0 radical (unpaired) electrons. The highest BCUT2D eigenvalue weighted by atomic mass is 32.1. The molecule has 0 atom stereocenters. The van der Waals surface area contributed by atoms with Gasteiger partial charge in [0.25, 0.3) is 0 Å². The van der Waals surface area contributed by atoms with Crippen molar-refractivity contribution in [2.45, 2.75) is 6.61 Å². The quantitative estimate of drug-likeness (QED) is 0.470. The molecule has 0 saturated carbocycles. The average molecular weight is 379 g/mol. The molecule has 4 rings (SSSR count). The standard InChI is InChI=1S/C21H17NO4S/c23-19(16-4-8-20-21(11-16)25-10-9-24-20)7-3-15-1-5-18(6-2-15)26-12-17-13-27-14-22-17/h1-8,11,13-14H,9-10,12H2/b7-3+. The van der Waals surface area contributed by atoms with Gasteiger partial charge >= 0.3 is 0 Å². The van der Waals surface area contributed by atoms with E-state index < -0.39 is 0 Å². The topological polar surface area (TPSA) is 57.7 Å². The fourth-order valence-electron chi connectivity index (χ4n) is 2.61. The minimum atomic E-state index is -0.0872. The summed E-state index contributed by atoms with van der Waals surface area (Å²) in [7, 11) is 0. The van der Waals surface area contributed by atoms with Crippen molar-refractivity contribution in [2.75, 3.05) is 13.2 Å². The Kier molecular flexibility index (Phi) is 5.16. The van der Waals surface area contributed by atoms with Crippen LogP contribution in [0.1, 0.15) is 21.6 Å². The number of carbonyl (C=O) groups is 1. The van der Waals surface area contributed by atoms with Crippen LogP contribution in [0.3, 0.4) is 0 Å². The number of allylic oxidation sites excluding steroid dienone is 1. The van der Waals surface area contributed by atoms with Crippen molar-refractivity contribution in [1.82, 2.24) is 4.98 Å². The summed E-state index contributed by atoms with van der Waals surface area (Å²) < 4.78 is 16.7. The molecule has 1 aliphatic heterocycles. The van der Waals surface area contributed by atoms with Crippen molar-refractivity contribution in [3.05, 3.63) is 76.3 Å². The number of hydrogen-bond donors (Lipinski definition) is 0. The average Bonchev–Trinajstić information content (AvgIpc) is 3.24. The number of rotatable bonds is 6. The number of aromatic nitrogens is 1. The molecule has 136 valence electrons. The highest BCUT2D eigenvalue weighted by Gasteiger charge is 2.13. The lowest BCUT2D eigenvalue weighted by molar-refractivity contribution is 0.104. The molecule has 0 bridgehead atoms. The zero-order valence-corrected chi connectivity index (χ0v) is 15.3. The summed E-state index contributed by atoms with van der Waals surface area (Å²) in [5.74, 6) is 1.96. The largest absolute Gasteiger partial charge is 0.487 e. The van der Waals surface area contributed by atoms with Crippen LogP contribution < -0.4 is 14.2 Å². The van der Waals surface area contributed by atoms with E-state index in [9.17, 15) is 4.79 Å². The van der Waals surface area contributed by atoms with Gasteiger partial charge in [-0.15, -0.1) is 11.3 Å². The number of benzene rings is 2. The molecule has 0 unspecified atom stereocenters. The monoisotopic (exact) mass is 379 g/mol. The molecule has 6 heteroatoms. The summed E-state index contributed by atoms with van der Waals surface area (Å²) in [6.45, 7) is 1.47. The van der Waals surface area contributed by atoms with Crippen molar-refractivity contribution in [2.24, 2.45) is 0 Å². The second kappa shape index (κ2) is 8.05. The van der Waals surface area contributed by atoms with E-state index in [1.54, 1.807) is 47.2 Å². The number of thiazole rings is 1. The van der Waals surface area contributed by atoms with Gasteiger partial charge < -0.3 is 14.2 Å². The molecular formula is C21H17NO4S. The van der Waals surface area contributed by atoms with Gasteiger partial charge in [0.15, 0.2) is 17.3 Å². The molecule has 0 spiro atoms. The van der Waals surface area contributed by atoms with Crippen molar-refractivity contribution < 1.29 is 19.0 Å². The molecule has 3 aromatic rings. The molecule has 0 N–H and O–H groups in total. The van der Waals surface area contributed by atoms with Crippen molar-refractivity contribution >= 4 is 23.2 Å². The predicted octanol–water partition coefficient (Wildman–Crippen LogP) is 4.39. The maximum absolute atomic E-state index is 12.4. The van der Waals surface area contributed by atoms with Gasteiger partial charge in [-0.3, -0.25) is 4.79 Å². The van der Waals surface area contributed by atoms with Crippen molar-refractivity contribution in [3.8, 4) is 17.2 Å². The minimum Gasteiger partial charge on any atom is -0.487 e. The van der Waals surface area contributed by atoms with E-state index in [1.807, 2.05) is 29.6 Å². The summed E-state index contributed by atoms with van der Waals surface area (Å²) >= 11 is 1.55. The number of fused-ring (bicyclic) bond motifs is 1. The highest BCUT2D eigenvalue weighted by Crippen LogP contribution is 2.31. The van der Waals surface area contributed by atoms with Crippen LogP contribution in [-0.2, 0) is 6.61 Å². The molecular weight excluding hydrogens is 362 g/mol. The van der Waals surface area contributed by atoms with Gasteiger partial charge in [-0.2, -0.15) is 0 Å². The Labute approximate surface area is 160 Å². The number of ether oxygens (including phenoxy) is 3. The van der Waals surface area contributed by atoms with E-state index in [1.165, 1.54) is 0 Å². The molecule has 0 saturated heterocycles. The molecule has 0 aliphatic carbocycles. The lowest BCUT2D eigenvalue weighted by atomic mass is 10.1. The summed E-state index contributed by atoms with van der Waals surface area (Å²) in [6.07, 6.45) is 3.33. The molecule has 27 heavy (non-hydrogen) atoms. The Bertz CT molecular complexity index is 949. The zero-order chi connectivity index (χ0) is 18.5. The van der Waals surface area contributed by atoms with Crippen LogP contribution in [0.15, 0.2) is 59.4 Å². The highest BCUT2D eigenvalue weighted by molar-refractivity contribution is 7.07. The summed E-state index contributed by atoms with van der Waals surface area (Å²) in [4.78, 5) is 16.6. The van der Waals surface area contributed by atoms with E-state index in [-0.39, 0.29) is 5.78 Å². The molecule has 5 nitrogen and oxygen atoms in total. The van der Waals surface area contributed by atoms with Gasteiger partial charge in [0.1, 0.15) is 25.6 Å². The lowest BCUT2D eigenvalue weighted by Crippen LogP contribution is -2.15. The molecule has 1 aromatic heterocycles. The van der Waals surface area contributed by atoms with Gasteiger partial charge in [0.05, 0.1) is 11.2 Å². The Hall–Kier alpha value is -3.12. The fraction of sp³-hybridized carbons (Fsp3) is 0.143. The van der Waals surface area contributed by atoms with Crippen LogP contribution >= 0.6 is 11.3 Å². The lowest BCUT2D eigenvalue weighted by Gasteiger charge is -2.18. The first-order valence-electron chi connectivity index (χ1n) is 8.50. The van der Waals surface area contributed by atoms with E-state index in [0.29, 0.717) is 36.9 Å². The SMILES string of the molecule is O=C(/C=C/c1ccc(OCc2cscn2)cc1)c1ccc2c(c1)OCCO2. The van der Waals surface area contributed by atoms with E-state index >= 15 is 0 Å². The Balaban J connectivity index is 1.38. The van der Waals surface area contributed by atoms with E-state index in [0.717, 1.165) is 17.0 Å². The van der Waals surface area contributed by atoms with Crippen molar-refractivity contribution in [3.63, 3.8) is 0 Å². The van der Waals surface area contributed by atoms with Gasteiger partial charge in [-0.25, -0.2) is 4.98 Å². The zero-order valence-electron chi connectivity index (χ0n) is 14.5. The third kappa shape index (κ3) is 4.35. The van der Waals surface area contributed by atoms with Crippen LogP contribution in [-0.4, -0.2) is 24.0 Å². The second-order valence-electron chi connectivity index (χ2n) is 5.89. The molecule has 0 amide bonds. The number of hydrogen-bond acceptors (Lipinski definition) is 6. The molecule has 2 heterocycles. The predicted molar refractivity (Wildman–Crippen MR) is 104 cm³/mol. The first kappa shape index (κ1) is 17.3. The van der Waals surface area contributed by atoms with Crippen LogP contribution in [0.25, 0.3) is 6.08 Å². The molecule has 0 fully saturated rings. The van der Waals surface area contributed by atoms with E-state index in [4.69, 9.17) is 14.2 Å². The minimum absolute atomic E-state index is 0.0872. The van der Waals surface area contributed by atoms with Crippen LogP contribution in [0.2, 0.25) is 0 Å². The van der Waals surface area contributed by atoms with Gasteiger partial charge in [-0.05, 0) is 42.0 Å². The van der Waals surface area contributed by atoms with Crippen LogP contribution in [0.5, 0.6) is 17.2 Å². The molecule has 1 aliphatic rings. The third-order valence-corrected chi connectivity index (χ3v) is 4.64. The maximum Gasteiger partial charge on any atom is 0.185 e. The molecule has 2 aromatic carbocycles. The summed E-state index contributed by atoms with van der Waals surface area (Å²) in [6, 6.07) is 12.8. The van der Waals surface area contributed by atoms with Gasteiger partial charge in [0.2, 0.25) is 0 Å². The van der Waals surface area contributed by atoms with E-state index in [2.05, 4.69) is 4.98 Å². The number of carbonyl (C=O) groups excluding carboxylic acids is 1. The number of ketones is 1. The van der Waals surface area contributed by atoms with Crippen molar-refractivity contribution in [1.29, 1.82) is 0 Å². The Morgan fingerprint density at radius 1 is 1.11 bits per heavy atom. The normalized spacial score (nSPS) is 12.9. The smallest absolute Gasteiger partial charge is 0.185 e. The first-order valence-corrected chi connectivity index (χ1v) is 9.44. The second-order valence-corrected chi connectivity index (χ2v) is 6.61. The summed E-state index contributed by atoms with van der Waals surface area (Å²) in [5, 5.41) is 1.96. The van der Waals surface area contributed by atoms with Crippen LogP contribution in [0, 0.1) is 0 Å². The third-order valence-electron chi connectivity index (χ3n) is 4.00. The van der Waals surface area contributed by atoms with Gasteiger partial charge in [0, 0.05) is 10.9 Å². The summed E-state index contributed by atoms with van der Waals surface area (Å²) in [5.41, 5.74) is 4.18. The fourth-order valence-corrected chi connectivity index (χ4v) is 3.15. The van der Waals surface area contributed by atoms with Crippen LogP contribution in [0.4, 0.5) is 0 Å². The Morgan fingerprint density at radius 2 is 1.93 bits per heavy atom. The first-order chi connectivity index (χ1) is 13.3. The number of nitrogens with zero attached hydrogens (tertiary/aromatic N) is 1.